The second-order valence-electron chi connectivity index (χ2n) is 5.44. The van der Waals surface area contributed by atoms with E-state index in [-0.39, 0.29) is 0 Å². The van der Waals surface area contributed by atoms with E-state index in [1.54, 1.807) is 0 Å². The van der Waals surface area contributed by atoms with E-state index in [4.69, 9.17) is 0 Å². The maximum atomic E-state index is 10.9. The van der Waals surface area contributed by atoms with E-state index in [1.165, 1.54) is 0 Å². The summed E-state index contributed by atoms with van der Waals surface area (Å²) in [5.74, 6) is 0.628. The molecule has 1 aromatic heterocycles. The number of para-hydroxylation sites is 3. The largest absolute Gasteiger partial charge is 0.380 e. The lowest BCUT2D eigenvalue weighted by Gasteiger charge is -2.14. The third-order valence-corrected chi connectivity index (χ3v) is 3.96. The number of hydrogen-bond donors (Lipinski definition) is 1. The van der Waals surface area contributed by atoms with Crippen molar-refractivity contribution in [1.29, 1.82) is 0 Å². The molecule has 112 valence electrons. The lowest BCUT2D eigenvalue weighted by molar-refractivity contribution is 0.208. The van der Waals surface area contributed by atoms with Gasteiger partial charge in [-0.05, 0) is 29.8 Å². The first-order valence-corrected chi connectivity index (χ1v) is 7.60. The molecule has 0 aliphatic heterocycles. The fourth-order valence-electron chi connectivity index (χ4n) is 2.86. The summed E-state index contributed by atoms with van der Waals surface area (Å²) < 4.78 is 2.02. The lowest BCUT2D eigenvalue weighted by atomic mass is 10.1. The van der Waals surface area contributed by atoms with Crippen LogP contribution in [-0.2, 0) is 0 Å². The van der Waals surface area contributed by atoms with E-state index < -0.39 is 6.10 Å². The van der Waals surface area contributed by atoms with Crippen LogP contribution in [0.15, 0.2) is 84.9 Å². The molecule has 0 bridgehead atoms. The molecule has 0 saturated carbocycles. The molecule has 3 heteroatoms. The Morgan fingerprint density at radius 3 is 2.09 bits per heavy atom. The average Bonchev–Trinajstić information content (AvgIpc) is 3.02. The Morgan fingerprint density at radius 2 is 1.35 bits per heavy atom. The zero-order chi connectivity index (χ0) is 15.6. The molecule has 0 fully saturated rings. The van der Waals surface area contributed by atoms with Crippen molar-refractivity contribution in [3.05, 3.63) is 96.3 Å². The van der Waals surface area contributed by atoms with Gasteiger partial charge < -0.3 is 5.11 Å². The normalized spacial score (nSPS) is 12.4. The summed E-state index contributed by atoms with van der Waals surface area (Å²) in [5.41, 5.74) is 3.69. The standard InChI is InChI=1S/C20H16N2O/c23-19(15-9-3-1-4-10-15)20-21-17-13-7-8-14-18(17)22(20)16-11-5-2-6-12-16/h1-14,19,23H/t19-/m0/s1. The molecular weight excluding hydrogens is 284 g/mol. The van der Waals surface area contributed by atoms with Crippen LogP contribution in [0.25, 0.3) is 16.7 Å². The molecule has 23 heavy (non-hydrogen) atoms. The second kappa shape index (κ2) is 5.71. The number of aliphatic hydroxyl groups excluding tert-OH is 1. The minimum Gasteiger partial charge on any atom is -0.380 e. The summed E-state index contributed by atoms with van der Waals surface area (Å²) in [4.78, 5) is 4.68. The Morgan fingerprint density at radius 1 is 0.739 bits per heavy atom. The van der Waals surface area contributed by atoms with Crippen LogP contribution in [0.4, 0.5) is 0 Å². The van der Waals surface area contributed by atoms with Gasteiger partial charge in [-0.2, -0.15) is 0 Å². The highest BCUT2D eigenvalue weighted by Crippen LogP contribution is 2.28. The van der Waals surface area contributed by atoms with Gasteiger partial charge >= 0.3 is 0 Å². The Hall–Kier alpha value is -2.91. The highest BCUT2D eigenvalue weighted by Gasteiger charge is 2.20. The number of nitrogens with zero attached hydrogens (tertiary/aromatic N) is 2. The third kappa shape index (κ3) is 2.41. The van der Waals surface area contributed by atoms with Gasteiger partial charge in [0.1, 0.15) is 11.9 Å². The molecule has 4 rings (SSSR count). The zero-order valence-electron chi connectivity index (χ0n) is 12.5. The summed E-state index contributed by atoms with van der Waals surface area (Å²) in [7, 11) is 0. The van der Waals surface area contributed by atoms with Crippen molar-refractivity contribution in [3.63, 3.8) is 0 Å². The first-order chi connectivity index (χ1) is 11.3. The summed E-state index contributed by atoms with van der Waals surface area (Å²) in [5, 5.41) is 10.9. The highest BCUT2D eigenvalue weighted by molar-refractivity contribution is 5.78. The number of aliphatic hydroxyl groups is 1. The fraction of sp³-hybridized carbons (Fsp3) is 0.0500. The Kier molecular flexibility index (Phi) is 3.41. The number of fused-ring (bicyclic) bond motifs is 1. The topological polar surface area (TPSA) is 38.1 Å². The summed E-state index contributed by atoms with van der Waals surface area (Å²) in [6, 6.07) is 27.6. The molecule has 4 aromatic rings. The van der Waals surface area contributed by atoms with Crippen molar-refractivity contribution in [3.8, 4) is 5.69 Å². The van der Waals surface area contributed by atoms with Crippen LogP contribution < -0.4 is 0 Å². The van der Waals surface area contributed by atoms with Crippen LogP contribution in [-0.4, -0.2) is 14.7 Å². The smallest absolute Gasteiger partial charge is 0.148 e. The Balaban J connectivity index is 1.96. The van der Waals surface area contributed by atoms with Crippen LogP contribution in [0.1, 0.15) is 17.5 Å². The van der Waals surface area contributed by atoms with Gasteiger partial charge in [-0.15, -0.1) is 0 Å². The van der Waals surface area contributed by atoms with Crippen molar-refractivity contribution < 1.29 is 5.11 Å². The maximum absolute atomic E-state index is 10.9. The number of benzene rings is 3. The molecule has 0 saturated heterocycles. The summed E-state index contributed by atoms with van der Waals surface area (Å²) >= 11 is 0. The number of hydrogen-bond acceptors (Lipinski definition) is 2. The molecule has 3 nitrogen and oxygen atoms in total. The van der Waals surface area contributed by atoms with Gasteiger partial charge in [0.2, 0.25) is 0 Å². The van der Waals surface area contributed by atoms with Crippen molar-refractivity contribution >= 4 is 11.0 Å². The van der Waals surface area contributed by atoms with E-state index >= 15 is 0 Å². The van der Waals surface area contributed by atoms with E-state index in [9.17, 15) is 5.11 Å². The molecular formula is C20H16N2O. The van der Waals surface area contributed by atoms with Gasteiger partial charge in [-0.25, -0.2) is 4.98 Å². The van der Waals surface area contributed by atoms with Crippen LogP contribution in [0, 0.1) is 0 Å². The van der Waals surface area contributed by atoms with Gasteiger partial charge in [0, 0.05) is 5.69 Å². The predicted molar refractivity (Wildman–Crippen MR) is 91.6 cm³/mol. The molecule has 1 heterocycles. The SMILES string of the molecule is O[C@@H](c1ccccc1)c1nc2ccccc2n1-c1ccccc1. The van der Waals surface area contributed by atoms with Gasteiger partial charge in [0.25, 0.3) is 0 Å². The molecule has 0 aliphatic rings. The van der Waals surface area contributed by atoms with Gasteiger partial charge in [0.05, 0.1) is 11.0 Å². The van der Waals surface area contributed by atoms with Crippen molar-refractivity contribution in [2.45, 2.75) is 6.10 Å². The van der Waals surface area contributed by atoms with E-state index in [0.717, 1.165) is 22.3 Å². The molecule has 0 unspecified atom stereocenters. The van der Waals surface area contributed by atoms with E-state index in [1.807, 2.05) is 89.5 Å². The number of aromatic nitrogens is 2. The first-order valence-electron chi connectivity index (χ1n) is 7.60. The molecule has 0 radical (unpaired) electrons. The lowest BCUT2D eigenvalue weighted by Crippen LogP contribution is -2.08. The van der Waals surface area contributed by atoms with E-state index in [0.29, 0.717) is 5.82 Å². The second-order valence-corrected chi connectivity index (χ2v) is 5.44. The zero-order valence-corrected chi connectivity index (χ0v) is 12.5. The van der Waals surface area contributed by atoms with Crippen LogP contribution in [0.5, 0.6) is 0 Å². The molecule has 0 amide bonds. The minimum absolute atomic E-state index is 0.628. The van der Waals surface area contributed by atoms with Gasteiger partial charge in [-0.1, -0.05) is 60.7 Å². The third-order valence-electron chi connectivity index (χ3n) is 3.96. The minimum atomic E-state index is -0.774. The molecule has 3 aromatic carbocycles. The average molecular weight is 300 g/mol. The monoisotopic (exact) mass is 300 g/mol. The number of imidazole rings is 1. The maximum Gasteiger partial charge on any atom is 0.148 e. The summed E-state index contributed by atoms with van der Waals surface area (Å²) in [6.45, 7) is 0. The van der Waals surface area contributed by atoms with Crippen molar-refractivity contribution in [2.75, 3.05) is 0 Å². The summed E-state index contributed by atoms with van der Waals surface area (Å²) in [6.07, 6.45) is -0.774. The first kappa shape index (κ1) is 13.7. The predicted octanol–water partition coefficient (Wildman–Crippen LogP) is 4.11. The molecule has 0 spiro atoms. The Labute approximate surface area is 134 Å². The van der Waals surface area contributed by atoms with Crippen molar-refractivity contribution in [1.82, 2.24) is 9.55 Å². The highest BCUT2D eigenvalue weighted by atomic mass is 16.3. The van der Waals surface area contributed by atoms with Gasteiger partial charge in [0.15, 0.2) is 0 Å². The van der Waals surface area contributed by atoms with Crippen LogP contribution in [0.2, 0.25) is 0 Å². The molecule has 0 aliphatic carbocycles. The van der Waals surface area contributed by atoms with Crippen LogP contribution in [0.3, 0.4) is 0 Å². The van der Waals surface area contributed by atoms with Crippen molar-refractivity contribution in [2.24, 2.45) is 0 Å². The fourth-order valence-corrected chi connectivity index (χ4v) is 2.86. The molecule has 1 N–H and O–H groups in total. The van der Waals surface area contributed by atoms with Crippen LogP contribution >= 0.6 is 0 Å². The van der Waals surface area contributed by atoms with Gasteiger partial charge in [-0.3, -0.25) is 4.57 Å². The number of rotatable bonds is 3. The quantitative estimate of drug-likeness (QED) is 0.618. The Bertz CT molecular complexity index is 930. The van der Waals surface area contributed by atoms with E-state index in [2.05, 4.69) is 4.98 Å². The molecule has 1 atom stereocenters.